The van der Waals surface area contributed by atoms with Crippen molar-refractivity contribution >= 4 is 56.5 Å². The Balaban J connectivity index is 2.10. The topological polar surface area (TPSA) is 46.2 Å². The van der Waals surface area contributed by atoms with Crippen LogP contribution in [0.4, 0.5) is 0 Å². The highest BCUT2D eigenvalue weighted by atomic mass is 32.2. The van der Waals surface area contributed by atoms with Gasteiger partial charge >= 0.3 is 0 Å². The molecule has 0 spiro atoms. The van der Waals surface area contributed by atoms with Gasteiger partial charge < -0.3 is 23.7 Å². The lowest BCUT2D eigenvalue weighted by Gasteiger charge is -2.30. The fraction of sp³-hybridized carbons (Fsp3) is 0.867. The van der Waals surface area contributed by atoms with Gasteiger partial charge in [-0.3, -0.25) is 0 Å². The summed E-state index contributed by atoms with van der Waals surface area (Å²) in [5.41, 5.74) is 0. The van der Waals surface area contributed by atoms with Gasteiger partial charge in [-0.15, -0.1) is 11.8 Å². The number of thioether (sulfide) groups is 2. The Kier molecular flexibility index (Phi) is 7.76. The third kappa shape index (κ3) is 5.03. The second-order valence-corrected chi connectivity index (χ2v) is 9.14. The maximum absolute atomic E-state index is 6.13. The van der Waals surface area contributed by atoms with Gasteiger partial charge in [0, 0.05) is 17.2 Å². The first-order valence-corrected chi connectivity index (χ1v) is 10.9. The van der Waals surface area contributed by atoms with Gasteiger partial charge in [-0.05, 0) is 45.0 Å². The van der Waals surface area contributed by atoms with Crippen LogP contribution < -0.4 is 0 Å². The molecule has 5 atom stereocenters. The van der Waals surface area contributed by atoms with Crippen LogP contribution in [0.25, 0.3) is 0 Å². The molecular formula is C15H24O5S4. The maximum atomic E-state index is 6.13. The standard InChI is InChI=1S/C15H24O5S4/c1-15(2)19-12-11(16-3)10(18-13(12)20-15)8(6-9(21)23-4)7-17-14(22)24-5/h8,10-13H,6-7H2,1-5H3/t8?,10-,11+,12-,13-/m1/s1. The van der Waals surface area contributed by atoms with Crippen LogP contribution in [0.15, 0.2) is 0 Å². The largest absolute Gasteiger partial charge is 0.478 e. The van der Waals surface area contributed by atoms with Crippen LogP contribution in [0, 0.1) is 5.92 Å². The molecule has 0 amide bonds. The molecule has 0 N–H and O–H groups in total. The quantitative estimate of drug-likeness (QED) is 0.612. The molecule has 2 aliphatic heterocycles. The molecule has 2 saturated heterocycles. The number of hydrogen-bond donors (Lipinski definition) is 0. The van der Waals surface area contributed by atoms with E-state index in [1.165, 1.54) is 11.8 Å². The third-order valence-electron chi connectivity index (χ3n) is 4.00. The van der Waals surface area contributed by atoms with Crippen molar-refractivity contribution in [3.05, 3.63) is 0 Å². The molecule has 0 aromatic carbocycles. The first-order valence-electron chi connectivity index (χ1n) is 7.62. The first-order chi connectivity index (χ1) is 11.3. The van der Waals surface area contributed by atoms with E-state index < -0.39 is 12.1 Å². The van der Waals surface area contributed by atoms with Crippen molar-refractivity contribution in [3.63, 3.8) is 0 Å². The van der Waals surface area contributed by atoms with Gasteiger partial charge in [0.2, 0.25) is 4.38 Å². The molecule has 2 fully saturated rings. The van der Waals surface area contributed by atoms with E-state index in [9.17, 15) is 0 Å². The molecule has 2 rings (SSSR count). The zero-order chi connectivity index (χ0) is 17.9. The Morgan fingerprint density at radius 2 is 1.92 bits per heavy atom. The van der Waals surface area contributed by atoms with Crippen molar-refractivity contribution in [1.82, 2.24) is 0 Å². The third-order valence-corrected chi connectivity index (χ3v) is 6.36. The molecule has 138 valence electrons. The number of ether oxygens (including phenoxy) is 5. The second-order valence-electron chi connectivity index (χ2n) is 6.08. The van der Waals surface area contributed by atoms with E-state index in [2.05, 4.69) is 0 Å². The molecule has 0 radical (unpaired) electrons. The Bertz CT molecular complexity index is 473. The van der Waals surface area contributed by atoms with E-state index in [0.29, 0.717) is 17.4 Å². The lowest BCUT2D eigenvalue weighted by Crippen LogP contribution is -2.41. The highest BCUT2D eigenvalue weighted by molar-refractivity contribution is 8.22. The number of hydrogen-bond acceptors (Lipinski definition) is 9. The molecule has 5 nitrogen and oxygen atoms in total. The molecule has 0 saturated carbocycles. The molecule has 1 unspecified atom stereocenters. The predicted molar refractivity (Wildman–Crippen MR) is 106 cm³/mol. The summed E-state index contributed by atoms with van der Waals surface area (Å²) in [6, 6.07) is 0. The highest BCUT2D eigenvalue weighted by Gasteiger charge is 2.56. The minimum absolute atomic E-state index is 0.0147. The van der Waals surface area contributed by atoms with Crippen LogP contribution >= 0.6 is 48.0 Å². The van der Waals surface area contributed by atoms with Crippen molar-refractivity contribution in [2.75, 3.05) is 26.2 Å². The van der Waals surface area contributed by atoms with Gasteiger partial charge in [-0.1, -0.05) is 24.0 Å². The summed E-state index contributed by atoms with van der Waals surface area (Å²) in [4.78, 5) is 0. The molecule has 0 bridgehead atoms. The van der Waals surface area contributed by atoms with Crippen molar-refractivity contribution in [3.8, 4) is 0 Å². The lowest BCUT2D eigenvalue weighted by atomic mass is 9.95. The highest BCUT2D eigenvalue weighted by Crippen LogP contribution is 2.41. The van der Waals surface area contributed by atoms with Crippen LogP contribution in [-0.4, -0.2) is 65.2 Å². The summed E-state index contributed by atoms with van der Waals surface area (Å²) < 4.78 is 30.7. The predicted octanol–water partition coefficient (Wildman–Crippen LogP) is 3.24. The molecular weight excluding hydrogens is 388 g/mol. The number of fused-ring (bicyclic) bond motifs is 1. The lowest BCUT2D eigenvalue weighted by molar-refractivity contribution is -0.223. The zero-order valence-electron chi connectivity index (χ0n) is 14.5. The van der Waals surface area contributed by atoms with Gasteiger partial charge in [-0.2, -0.15) is 0 Å². The maximum Gasteiger partial charge on any atom is 0.219 e. The Morgan fingerprint density at radius 3 is 2.50 bits per heavy atom. The van der Waals surface area contributed by atoms with Gasteiger partial charge in [0.15, 0.2) is 12.1 Å². The van der Waals surface area contributed by atoms with Crippen molar-refractivity contribution in [2.45, 2.75) is 50.7 Å². The molecule has 0 aromatic rings. The summed E-state index contributed by atoms with van der Waals surface area (Å²) in [5, 5.41) is 0. The smallest absolute Gasteiger partial charge is 0.219 e. The molecule has 0 aliphatic carbocycles. The van der Waals surface area contributed by atoms with Crippen molar-refractivity contribution < 1.29 is 23.7 Å². The summed E-state index contributed by atoms with van der Waals surface area (Å²) in [6.07, 6.45) is 3.39. The fourth-order valence-corrected chi connectivity index (χ4v) is 3.80. The molecule has 9 heteroatoms. The zero-order valence-corrected chi connectivity index (χ0v) is 17.7. The number of thiocarbonyl (C=S) groups is 2. The van der Waals surface area contributed by atoms with Crippen molar-refractivity contribution in [1.29, 1.82) is 0 Å². The summed E-state index contributed by atoms with van der Waals surface area (Å²) in [7, 11) is 1.66. The van der Waals surface area contributed by atoms with Crippen LogP contribution in [0.3, 0.4) is 0 Å². The second kappa shape index (κ2) is 8.94. The average Bonchev–Trinajstić information content (AvgIpc) is 3.01. The van der Waals surface area contributed by atoms with Crippen LogP contribution in [-0.2, 0) is 23.7 Å². The molecule has 2 aliphatic rings. The SMILES string of the molecule is CO[C@@H]1[C@H]2OC(C)(C)O[C@H]2O[C@@H]1C(COC(=S)SC)CC(=S)SC. The molecule has 2 heterocycles. The van der Waals surface area contributed by atoms with Crippen LogP contribution in [0.1, 0.15) is 20.3 Å². The van der Waals surface area contributed by atoms with Gasteiger partial charge in [-0.25, -0.2) is 0 Å². The monoisotopic (exact) mass is 412 g/mol. The Hall–Kier alpha value is 0.520. The van der Waals surface area contributed by atoms with Gasteiger partial charge in [0.1, 0.15) is 12.2 Å². The minimum atomic E-state index is -0.669. The Morgan fingerprint density at radius 1 is 1.21 bits per heavy atom. The van der Waals surface area contributed by atoms with E-state index in [1.54, 1.807) is 18.9 Å². The van der Waals surface area contributed by atoms with E-state index in [-0.39, 0.29) is 24.2 Å². The number of rotatable bonds is 6. The van der Waals surface area contributed by atoms with Gasteiger partial charge in [0.25, 0.3) is 0 Å². The summed E-state index contributed by atoms with van der Waals surface area (Å²) in [6.45, 7) is 4.17. The summed E-state index contributed by atoms with van der Waals surface area (Å²) >= 11 is 13.5. The fourth-order valence-electron chi connectivity index (χ4n) is 2.95. The van der Waals surface area contributed by atoms with E-state index in [0.717, 1.165) is 4.20 Å². The molecule has 0 aromatic heterocycles. The Labute approximate surface area is 162 Å². The van der Waals surface area contributed by atoms with Crippen LogP contribution in [0.2, 0.25) is 0 Å². The van der Waals surface area contributed by atoms with E-state index in [1.807, 2.05) is 26.4 Å². The molecule has 24 heavy (non-hydrogen) atoms. The normalized spacial score (nSPS) is 32.4. The minimum Gasteiger partial charge on any atom is -0.478 e. The summed E-state index contributed by atoms with van der Waals surface area (Å²) in [5.74, 6) is -0.654. The van der Waals surface area contributed by atoms with Crippen molar-refractivity contribution in [2.24, 2.45) is 5.92 Å². The van der Waals surface area contributed by atoms with E-state index >= 15 is 0 Å². The average molecular weight is 413 g/mol. The van der Waals surface area contributed by atoms with E-state index in [4.69, 9.17) is 48.1 Å². The van der Waals surface area contributed by atoms with Gasteiger partial charge in [0.05, 0.1) is 12.7 Å². The first kappa shape index (κ1) is 20.8. The number of methoxy groups -OCH3 is 1. The van der Waals surface area contributed by atoms with Crippen LogP contribution in [0.5, 0.6) is 0 Å².